The summed E-state index contributed by atoms with van der Waals surface area (Å²) in [5.74, 6) is -8.10. The Balaban J connectivity index is 1.92. The number of imide groups is 2. The Hall–Kier alpha value is -2.88. The van der Waals surface area contributed by atoms with Gasteiger partial charge in [0.1, 0.15) is 11.9 Å². The van der Waals surface area contributed by atoms with Crippen LogP contribution in [0.15, 0.2) is 6.07 Å². The van der Waals surface area contributed by atoms with E-state index in [4.69, 9.17) is 11.0 Å². The molecule has 1 N–H and O–H groups in total. The maximum Gasteiger partial charge on any atom is 0.265 e. The molecule has 4 rings (SSSR count). The molecule has 0 bridgehead atoms. The van der Waals surface area contributed by atoms with Crippen molar-refractivity contribution in [2.24, 2.45) is 0 Å². The third-order valence-corrected chi connectivity index (χ3v) is 5.04. The second-order valence-corrected chi connectivity index (χ2v) is 8.18. The minimum absolute atomic E-state index is 0.182. The quantitative estimate of drug-likeness (QED) is 0.695. The summed E-state index contributed by atoms with van der Waals surface area (Å²) in [5.41, 5.74) is -5.24. The van der Waals surface area contributed by atoms with Crippen LogP contribution in [0.25, 0.3) is 0 Å². The predicted octanol–water partition coefficient (Wildman–Crippen LogP) is 1.29. The largest absolute Gasteiger partial charge is 0.366 e. The number of nitrogens with zero attached hydrogens (tertiary/aromatic N) is 3. The third-order valence-electron chi connectivity index (χ3n) is 5.04. The number of halogens is 2. The molecule has 0 aliphatic carbocycles. The average molecular weight is 442 g/mol. The van der Waals surface area contributed by atoms with Crippen molar-refractivity contribution in [1.29, 1.82) is 0 Å². The zero-order valence-corrected chi connectivity index (χ0v) is 16.8. The van der Waals surface area contributed by atoms with E-state index >= 15 is 8.78 Å². The van der Waals surface area contributed by atoms with Crippen LogP contribution in [0.3, 0.4) is 0 Å². The Labute approximate surface area is 189 Å². The molecule has 2 saturated heterocycles. The summed E-state index contributed by atoms with van der Waals surface area (Å²) in [4.78, 5) is 50.2. The number of benzene rings is 1. The van der Waals surface area contributed by atoms with Crippen LogP contribution in [0.4, 0.5) is 14.5 Å². The van der Waals surface area contributed by atoms with Gasteiger partial charge < -0.3 is 4.90 Å². The number of carbonyl (C=O) groups is 4. The van der Waals surface area contributed by atoms with Crippen molar-refractivity contribution in [3.8, 4) is 0 Å². The summed E-state index contributed by atoms with van der Waals surface area (Å²) in [7, 11) is 0. The number of rotatable bonds is 2. The molecule has 0 radical (unpaired) electrons. The summed E-state index contributed by atoms with van der Waals surface area (Å²) in [6, 6.07) is -1.41. The zero-order chi connectivity index (χ0) is 29.8. The van der Waals surface area contributed by atoms with Crippen LogP contribution in [-0.2, 0) is 9.59 Å². The molecule has 3 aliphatic heterocycles. The third kappa shape index (κ3) is 3.48. The molecule has 0 saturated carbocycles. The number of fused-ring (bicyclic) bond motifs is 1. The van der Waals surface area contributed by atoms with E-state index in [-0.39, 0.29) is 28.7 Å². The van der Waals surface area contributed by atoms with E-state index in [0.29, 0.717) is 4.90 Å². The first-order chi connectivity index (χ1) is 17.5. The van der Waals surface area contributed by atoms with E-state index < -0.39 is 89.6 Å². The molecule has 31 heavy (non-hydrogen) atoms. The van der Waals surface area contributed by atoms with Crippen LogP contribution >= 0.6 is 0 Å². The van der Waals surface area contributed by atoms with Crippen LogP contribution in [0.2, 0.25) is 0 Å². The van der Waals surface area contributed by atoms with Crippen LogP contribution in [0.1, 0.15) is 65.3 Å². The SMILES string of the molecule is [2H]C1([2H])N(c2cc(F)c3c(c2F)C(=O)N([C@H]2CCC(=O)NC2=O)C3=O)C([2H])([2H])C([2H])([2H])N(C(C)(C)C)C1([2H])[2H]. The molecule has 1 aromatic rings. The molecule has 2 fully saturated rings. The number of hydrogen-bond donors (Lipinski definition) is 1. The molecule has 1 atom stereocenters. The average Bonchev–Trinajstić information content (AvgIpc) is 3.00. The van der Waals surface area contributed by atoms with E-state index in [1.807, 2.05) is 5.32 Å². The van der Waals surface area contributed by atoms with Crippen molar-refractivity contribution < 1.29 is 38.9 Å². The first-order valence-electron chi connectivity index (χ1n) is 13.4. The van der Waals surface area contributed by atoms with Crippen molar-refractivity contribution >= 4 is 29.3 Å². The Morgan fingerprint density at radius 2 is 1.65 bits per heavy atom. The molecular weight excluding hydrogens is 410 g/mol. The molecule has 3 aliphatic rings. The number of hydrogen-bond acceptors (Lipinski definition) is 6. The highest BCUT2D eigenvalue weighted by Gasteiger charge is 2.48. The van der Waals surface area contributed by atoms with Gasteiger partial charge in [-0.15, -0.1) is 0 Å². The zero-order valence-electron chi connectivity index (χ0n) is 24.8. The van der Waals surface area contributed by atoms with Gasteiger partial charge in [0, 0.05) is 49.5 Å². The molecule has 1 aromatic carbocycles. The lowest BCUT2D eigenvalue weighted by molar-refractivity contribution is -0.136. The minimum atomic E-state index is -3.58. The molecule has 4 amide bonds. The molecule has 3 heterocycles. The predicted molar refractivity (Wildman–Crippen MR) is 107 cm³/mol. The fourth-order valence-corrected chi connectivity index (χ4v) is 3.44. The molecule has 0 aromatic heterocycles. The van der Waals surface area contributed by atoms with Gasteiger partial charge in [-0.1, -0.05) is 0 Å². The first-order valence-corrected chi connectivity index (χ1v) is 9.37. The van der Waals surface area contributed by atoms with Gasteiger partial charge in [-0.25, -0.2) is 8.78 Å². The van der Waals surface area contributed by atoms with Gasteiger partial charge in [-0.3, -0.25) is 34.3 Å². The summed E-state index contributed by atoms with van der Waals surface area (Å²) in [5, 5.41) is 1.92. The Morgan fingerprint density at radius 1 is 1.03 bits per heavy atom. The smallest absolute Gasteiger partial charge is 0.265 e. The Kier molecular flexibility index (Phi) is 3.21. The standard InChI is InChI=1S/C21H24F2N4O4/c1-21(2,3)26-8-6-25(7-9-26)13-10-11(22)15-16(17(13)23)20(31)27(19(15)30)12-4-5-14(28)24-18(12)29/h10,12H,4-9H2,1-3H3,(H,24,28,29)/t12-/m0/s1/i6D2,7D2,8D2,9D2. The highest BCUT2D eigenvalue weighted by molar-refractivity contribution is 6.24. The molecule has 0 unspecified atom stereocenters. The highest BCUT2D eigenvalue weighted by Crippen LogP contribution is 2.36. The normalized spacial score (nSPS) is 33.1. The molecule has 10 heteroatoms. The van der Waals surface area contributed by atoms with Crippen molar-refractivity contribution in [3.05, 3.63) is 28.8 Å². The van der Waals surface area contributed by atoms with Gasteiger partial charge in [-0.05, 0) is 27.2 Å². The number of amides is 4. The maximum absolute atomic E-state index is 16.0. The Bertz CT molecular complexity index is 1310. The number of nitrogens with one attached hydrogen (secondary N) is 1. The van der Waals surface area contributed by atoms with E-state index in [9.17, 15) is 19.2 Å². The number of anilines is 1. The van der Waals surface area contributed by atoms with Crippen molar-refractivity contribution in [2.75, 3.05) is 30.9 Å². The molecule has 166 valence electrons. The van der Waals surface area contributed by atoms with Gasteiger partial charge in [0.05, 0.1) is 22.3 Å². The monoisotopic (exact) mass is 442 g/mol. The fourth-order valence-electron chi connectivity index (χ4n) is 3.44. The maximum atomic E-state index is 16.0. The second-order valence-electron chi connectivity index (χ2n) is 8.18. The van der Waals surface area contributed by atoms with Gasteiger partial charge in [-0.2, -0.15) is 0 Å². The summed E-state index contributed by atoms with van der Waals surface area (Å²) < 4.78 is 99.2. The van der Waals surface area contributed by atoms with Gasteiger partial charge in [0.2, 0.25) is 11.8 Å². The number of carbonyl (C=O) groups excluding carboxylic acids is 4. The number of piperidine rings is 1. The van der Waals surface area contributed by atoms with E-state index in [1.54, 1.807) is 0 Å². The second kappa shape index (κ2) is 7.37. The Morgan fingerprint density at radius 3 is 2.23 bits per heavy atom. The minimum Gasteiger partial charge on any atom is -0.366 e. The number of piperazine rings is 1. The van der Waals surface area contributed by atoms with Gasteiger partial charge in [0.15, 0.2) is 5.82 Å². The highest BCUT2D eigenvalue weighted by atomic mass is 19.1. The first kappa shape index (κ1) is 13.5. The van der Waals surface area contributed by atoms with E-state index in [0.717, 1.165) is 0 Å². The van der Waals surface area contributed by atoms with E-state index in [2.05, 4.69) is 0 Å². The van der Waals surface area contributed by atoms with Crippen molar-refractivity contribution in [1.82, 2.24) is 15.1 Å². The van der Waals surface area contributed by atoms with Crippen molar-refractivity contribution in [3.63, 3.8) is 0 Å². The summed E-state index contributed by atoms with van der Waals surface area (Å²) >= 11 is 0. The summed E-state index contributed by atoms with van der Waals surface area (Å²) in [6.45, 7) is -9.94. The van der Waals surface area contributed by atoms with Gasteiger partial charge >= 0.3 is 0 Å². The fraction of sp³-hybridized carbons (Fsp3) is 0.524. The van der Waals surface area contributed by atoms with Crippen LogP contribution in [0, 0.1) is 11.6 Å². The molecule has 8 nitrogen and oxygen atoms in total. The topological polar surface area (TPSA) is 90.0 Å². The van der Waals surface area contributed by atoms with Crippen LogP contribution in [-0.4, -0.2) is 71.0 Å². The van der Waals surface area contributed by atoms with E-state index in [1.165, 1.54) is 20.8 Å². The lowest BCUT2D eigenvalue weighted by Gasteiger charge is -2.43. The lowest BCUT2D eigenvalue weighted by atomic mass is 10.0. The van der Waals surface area contributed by atoms with Crippen LogP contribution in [0.5, 0.6) is 0 Å². The summed E-state index contributed by atoms with van der Waals surface area (Å²) in [6.07, 6.45) is -0.602. The molecular formula is C21H24F2N4O4. The van der Waals surface area contributed by atoms with Gasteiger partial charge in [0.25, 0.3) is 11.8 Å². The lowest BCUT2D eigenvalue weighted by Crippen LogP contribution is -2.54. The molecule has 0 spiro atoms. The van der Waals surface area contributed by atoms with Crippen LogP contribution < -0.4 is 10.2 Å². The van der Waals surface area contributed by atoms with Crippen molar-refractivity contribution in [2.45, 2.75) is 45.2 Å².